The van der Waals surface area contributed by atoms with Crippen molar-refractivity contribution in [3.63, 3.8) is 0 Å². The lowest BCUT2D eigenvalue weighted by atomic mass is 10.2. The highest BCUT2D eigenvalue weighted by Gasteiger charge is 2.03. The second kappa shape index (κ2) is 5.69. The summed E-state index contributed by atoms with van der Waals surface area (Å²) < 4.78 is 26.3. The Morgan fingerprint density at radius 1 is 1.11 bits per heavy atom. The van der Waals surface area contributed by atoms with Gasteiger partial charge in [-0.3, -0.25) is 4.98 Å². The molecule has 2 rings (SSSR count). The van der Waals surface area contributed by atoms with E-state index in [0.29, 0.717) is 12.1 Å². The van der Waals surface area contributed by atoms with Crippen LogP contribution in [0.25, 0.3) is 0 Å². The van der Waals surface area contributed by atoms with Gasteiger partial charge in [-0.2, -0.15) is 0 Å². The number of nitrogens with one attached hydrogen (secondary N) is 1. The fourth-order valence-electron chi connectivity index (χ4n) is 1.62. The molecule has 0 unspecified atom stereocenters. The average molecular weight is 248 g/mol. The SMILES string of the molecule is Cc1ccc(CNCc2cc(F)ccc2F)cn1. The molecule has 0 aliphatic rings. The molecule has 0 fully saturated rings. The van der Waals surface area contributed by atoms with E-state index >= 15 is 0 Å². The number of aromatic nitrogens is 1. The van der Waals surface area contributed by atoms with Crippen molar-refractivity contribution in [3.05, 3.63) is 65.0 Å². The van der Waals surface area contributed by atoms with Crippen LogP contribution in [0.4, 0.5) is 8.78 Å². The summed E-state index contributed by atoms with van der Waals surface area (Å²) in [5.74, 6) is -0.823. The van der Waals surface area contributed by atoms with Crippen LogP contribution in [-0.4, -0.2) is 4.98 Å². The number of aryl methyl sites for hydroxylation is 1. The van der Waals surface area contributed by atoms with Crippen molar-refractivity contribution in [2.24, 2.45) is 0 Å². The Balaban J connectivity index is 1.92. The van der Waals surface area contributed by atoms with Gasteiger partial charge in [-0.15, -0.1) is 0 Å². The Morgan fingerprint density at radius 3 is 2.67 bits per heavy atom. The molecule has 0 atom stereocenters. The first-order valence-corrected chi connectivity index (χ1v) is 5.71. The molecule has 1 aromatic heterocycles. The van der Waals surface area contributed by atoms with Crippen LogP contribution in [0.1, 0.15) is 16.8 Å². The van der Waals surface area contributed by atoms with Gasteiger partial charge in [-0.25, -0.2) is 8.78 Å². The smallest absolute Gasteiger partial charge is 0.127 e. The van der Waals surface area contributed by atoms with Gasteiger partial charge in [0.1, 0.15) is 11.6 Å². The molecule has 0 spiro atoms. The van der Waals surface area contributed by atoms with Crippen molar-refractivity contribution in [2.75, 3.05) is 0 Å². The third-order valence-corrected chi connectivity index (χ3v) is 2.62. The van der Waals surface area contributed by atoms with Crippen molar-refractivity contribution in [1.82, 2.24) is 10.3 Å². The summed E-state index contributed by atoms with van der Waals surface area (Å²) in [5.41, 5.74) is 2.29. The topological polar surface area (TPSA) is 24.9 Å². The summed E-state index contributed by atoms with van der Waals surface area (Å²) in [6, 6.07) is 7.33. The molecule has 4 heteroatoms. The Labute approximate surface area is 105 Å². The number of hydrogen-bond acceptors (Lipinski definition) is 2. The highest BCUT2D eigenvalue weighted by Crippen LogP contribution is 2.09. The number of benzene rings is 1. The molecule has 0 saturated carbocycles. The van der Waals surface area contributed by atoms with Gasteiger partial charge < -0.3 is 5.32 Å². The summed E-state index contributed by atoms with van der Waals surface area (Å²) >= 11 is 0. The lowest BCUT2D eigenvalue weighted by molar-refractivity contribution is 0.568. The molecule has 0 amide bonds. The molecule has 0 aliphatic carbocycles. The van der Waals surface area contributed by atoms with Gasteiger partial charge in [0, 0.05) is 30.5 Å². The van der Waals surface area contributed by atoms with Crippen LogP contribution in [0.3, 0.4) is 0 Å². The fourth-order valence-corrected chi connectivity index (χ4v) is 1.62. The Morgan fingerprint density at radius 2 is 1.94 bits per heavy atom. The van der Waals surface area contributed by atoms with Gasteiger partial charge in [0.05, 0.1) is 0 Å². The molecule has 94 valence electrons. The normalized spacial score (nSPS) is 10.6. The maximum Gasteiger partial charge on any atom is 0.127 e. The molecular weight excluding hydrogens is 234 g/mol. The minimum atomic E-state index is -0.426. The molecule has 1 N–H and O–H groups in total. The summed E-state index contributed by atoms with van der Waals surface area (Å²) in [4.78, 5) is 4.16. The highest BCUT2D eigenvalue weighted by atomic mass is 19.1. The zero-order chi connectivity index (χ0) is 13.0. The van der Waals surface area contributed by atoms with E-state index in [4.69, 9.17) is 0 Å². The maximum absolute atomic E-state index is 13.3. The van der Waals surface area contributed by atoms with Gasteiger partial charge in [0.15, 0.2) is 0 Å². The third kappa shape index (κ3) is 3.34. The number of halogens is 2. The number of rotatable bonds is 4. The molecule has 0 bridgehead atoms. The quantitative estimate of drug-likeness (QED) is 0.899. The highest BCUT2D eigenvalue weighted by molar-refractivity contribution is 5.19. The first kappa shape index (κ1) is 12.6. The first-order chi connectivity index (χ1) is 8.65. The van der Waals surface area contributed by atoms with E-state index in [2.05, 4.69) is 10.3 Å². The number of hydrogen-bond donors (Lipinski definition) is 1. The standard InChI is InChI=1S/C14H14F2N2/c1-10-2-3-11(8-18-10)7-17-9-12-6-13(15)4-5-14(12)16/h2-6,8,17H,7,9H2,1H3. The van der Waals surface area contributed by atoms with E-state index in [-0.39, 0.29) is 6.54 Å². The van der Waals surface area contributed by atoms with Gasteiger partial charge in [0.2, 0.25) is 0 Å². The third-order valence-electron chi connectivity index (χ3n) is 2.62. The summed E-state index contributed by atoms with van der Waals surface area (Å²) in [6.45, 7) is 2.78. The van der Waals surface area contributed by atoms with Crippen molar-refractivity contribution in [2.45, 2.75) is 20.0 Å². The van der Waals surface area contributed by atoms with Crippen molar-refractivity contribution in [3.8, 4) is 0 Å². The predicted octanol–water partition coefficient (Wildman–Crippen LogP) is 2.96. The molecule has 1 aromatic carbocycles. The lowest BCUT2D eigenvalue weighted by Gasteiger charge is -2.06. The first-order valence-electron chi connectivity index (χ1n) is 5.71. The van der Waals surface area contributed by atoms with E-state index in [1.54, 1.807) is 6.20 Å². The minimum Gasteiger partial charge on any atom is -0.308 e. The maximum atomic E-state index is 13.3. The van der Waals surface area contributed by atoms with Crippen molar-refractivity contribution in [1.29, 1.82) is 0 Å². The van der Waals surface area contributed by atoms with Crippen molar-refractivity contribution < 1.29 is 8.78 Å². The molecule has 1 heterocycles. The molecule has 0 saturated heterocycles. The number of nitrogens with zero attached hydrogens (tertiary/aromatic N) is 1. The van der Waals surface area contributed by atoms with Crippen LogP contribution in [-0.2, 0) is 13.1 Å². The summed E-state index contributed by atoms with van der Waals surface area (Å²) in [5, 5.41) is 3.06. The molecule has 2 nitrogen and oxygen atoms in total. The van der Waals surface area contributed by atoms with Crippen LogP contribution in [0, 0.1) is 18.6 Å². The lowest BCUT2D eigenvalue weighted by Crippen LogP contribution is -2.14. The molecule has 18 heavy (non-hydrogen) atoms. The van der Waals surface area contributed by atoms with Crippen LogP contribution < -0.4 is 5.32 Å². The Hall–Kier alpha value is -1.81. The summed E-state index contributed by atoms with van der Waals surface area (Å²) in [6.07, 6.45) is 1.77. The summed E-state index contributed by atoms with van der Waals surface area (Å²) in [7, 11) is 0. The van der Waals surface area contributed by atoms with E-state index < -0.39 is 11.6 Å². The minimum absolute atomic E-state index is 0.289. The molecule has 0 aliphatic heterocycles. The van der Waals surface area contributed by atoms with E-state index in [1.807, 2.05) is 19.1 Å². The fraction of sp³-hybridized carbons (Fsp3) is 0.214. The van der Waals surface area contributed by atoms with Gasteiger partial charge >= 0.3 is 0 Å². The second-order valence-electron chi connectivity index (χ2n) is 4.15. The van der Waals surface area contributed by atoms with Gasteiger partial charge in [-0.05, 0) is 36.8 Å². The molecule has 2 aromatic rings. The Bertz CT molecular complexity index is 524. The monoisotopic (exact) mass is 248 g/mol. The zero-order valence-electron chi connectivity index (χ0n) is 10.1. The van der Waals surface area contributed by atoms with E-state index in [9.17, 15) is 8.78 Å². The van der Waals surface area contributed by atoms with E-state index in [0.717, 1.165) is 23.4 Å². The van der Waals surface area contributed by atoms with Crippen LogP contribution in [0.5, 0.6) is 0 Å². The van der Waals surface area contributed by atoms with Gasteiger partial charge in [0.25, 0.3) is 0 Å². The average Bonchev–Trinajstić information content (AvgIpc) is 2.36. The second-order valence-corrected chi connectivity index (χ2v) is 4.15. The number of pyridine rings is 1. The predicted molar refractivity (Wildman–Crippen MR) is 65.9 cm³/mol. The molecule has 0 radical (unpaired) electrons. The Kier molecular flexibility index (Phi) is 3.99. The van der Waals surface area contributed by atoms with Crippen LogP contribution >= 0.6 is 0 Å². The van der Waals surface area contributed by atoms with Crippen LogP contribution in [0.15, 0.2) is 36.5 Å². The molecular formula is C14H14F2N2. The van der Waals surface area contributed by atoms with E-state index in [1.165, 1.54) is 6.07 Å². The zero-order valence-corrected chi connectivity index (χ0v) is 10.1. The van der Waals surface area contributed by atoms with Crippen LogP contribution in [0.2, 0.25) is 0 Å². The van der Waals surface area contributed by atoms with Gasteiger partial charge in [-0.1, -0.05) is 6.07 Å². The van der Waals surface area contributed by atoms with Crippen molar-refractivity contribution >= 4 is 0 Å². The largest absolute Gasteiger partial charge is 0.308 e.